The molecule has 0 aliphatic carbocycles. The topological polar surface area (TPSA) is 70.1 Å². The predicted octanol–water partition coefficient (Wildman–Crippen LogP) is 0.419. The predicted molar refractivity (Wildman–Crippen MR) is 57.1 cm³/mol. The minimum absolute atomic E-state index is 0.00196. The van der Waals surface area contributed by atoms with Gasteiger partial charge in [-0.15, -0.1) is 0 Å². The summed E-state index contributed by atoms with van der Waals surface area (Å²) in [6.45, 7) is 0.771. The number of carbonyl (C=O) groups excluding carboxylic acids is 1. The lowest BCUT2D eigenvalue weighted by Crippen LogP contribution is -2.18. The summed E-state index contributed by atoms with van der Waals surface area (Å²) in [7, 11) is 0. The molecule has 2 rings (SSSR count). The van der Waals surface area contributed by atoms with Gasteiger partial charge < -0.3 is 10.5 Å². The van der Waals surface area contributed by atoms with E-state index >= 15 is 0 Å². The third kappa shape index (κ3) is 2.61. The van der Waals surface area contributed by atoms with Gasteiger partial charge in [-0.3, -0.25) is 4.79 Å². The summed E-state index contributed by atoms with van der Waals surface area (Å²) in [4.78, 5) is 10.5. The van der Waals surface area contributed by atoms with Crippen molar-refractivity contribution in [3.8, 4) is 11.8 Å². The van der Waals surface area contributed by atoms with Crippen LogP contribution < -0.4 is 5.73 Å². The van der Waals surface area contributed by atoms with Crippen LogP contribution in [0, 0.1) is 11.8 Å². The van der Waals surface area contributed by atoms with Crippen molar-refractivity contribution >= 4 is 5.91 Å². The van der Waals surface area contributed by atoms with Gasteiger partial charge in [0.2, 0.25) is 0 Å². The lowest BCUT2D eigenvalue weighted by atomic mass is 10.2. The standard InChI is InChI=1S/C11H13N3O2/c12-10(15)5-4-9-7-13-14(8-9)11-3-1-2-6-16-11/h7-8,11H,1-3,6H2,(H2,12,15)/t11-/m0/s1. The second kappa shape index (κ2) is 4.81. The molecule has 5 heteroatoms. The van der Waals surface area contributed by atoms with Crippen molar-refractivity contribution in [2.75, 3.05) is 6.61 Å². The van der Waals surface area contributed by atoms with E-state index in [4.69, 9.17) is 10.5 Å². The number of amides is 1. The molecule has 5 nitrogen and oxygen atoms in total. The SMILES string of the molecule is NC(=O)C#Cc1cnn([C@@H]2CCCCO2)c1. The Morgan fingerprint density at radius 2 is 2.50 bits per heavy atom. The number of primary amides is 1. The molecule has 1 saturated heterocycles. The Morgan fingerprint density at radius 3 is 3.19 bits per heavy atom. The molecule has 1 aromatic heterocycles. The molecule has 0 bridgehead atoms. The molecule has 0 aromatic carbocycles. The molecule has 1 aliphatic heterocycles. The maximum atomic E-state index is 10.5. The van der Waals surface area contributed by atoms with Crippen LogP contribution in [0.4, 0.5) is 0 Å². The normalized spacial score (nSPS) is 19.9. The van der Waals surface area contributed by atoms with Crippen LogP contribution >= 0.6 is 0 Å². The molecular formula is C11H13N3O2. The third-order valence-corrected chi connectivity index (χ3v) is 2.38. The van der Waals surface area contributed by atoms with Crippen molar-refractivity contribution in [2.24, 2.45) is 5.73 Å². The van der Waals surface area contributed by atoms with Crippen LogP contribution in [0.3, 0.4) is 0 Å². The van der Waals surface area contributed by atoms with Crippen molar-refractivity contribution in [1.82, 2.24) is 9.78 Å². The smallest absolute Gasteiger partial charge is 0.293 e. The quantitative estimate of drug-likeness (QED) is 0.696. The summed E-state index contributed by atoms with van der Waals surface area (Å²) in [5.74, 6) is 4.28. The van der Waals surface area contributed by atoms with Gasteiger partial charge in [0.25, 0.3) is 5.91 Å². The van der Waals surface area contributed by atoms with Crippen LogP contribution in [0.1, 0.15) is 31.1 Å². The molecule has 1 atom stereocenters. The van der Waals surface area contributed by atoms with Crippen LogP contribution in [0.15, 0.2) is 12.4 Å². The Bertz CT molecular complexity index is 436. The van der Waals surface area contributed by atoms with E-state index in [2.05, 4.69) is 16.9 Å². The molecular weight excluding hydrogens is 206 g/mol. The van der Waals surface area contributed by atoms with Crippen molar-refractivity contribution < 1.29 is 9.53 Å². The average Bonchev–Trinajstić information content (AvgIpc) is 2.76. The highest BCUT2D eigenvalue weighted by atomic mass is 16.5. The highest BCUT2D eigenvalue weighted by Gasteiger charge is 2.15. The molecule has 0 saturated carbocycles. The first kappa shape index (κ1) is 10.7. The van der Waals surface area contributed by atoms with Crippen LogP contribution in [0.2, 0.25) is 0 Å². The summed E-state index contributed by atoms with van der Waals surface area (Å²) in [5, 5.41) is 4.15. The van der Waals surface area contributed by atoms with Gasteiger partial charge in [-0.1, -0.05) is 5.92 Å². The molecule has 2 heterocycles. The number of nitrogens with two attached hydrogens (primary N) is 1. The van der Waals surface area contributed by atoms with Crippen LogP contribution in [-0.2, 0) is 9.53 Å². The van der Waals surface area contributed by atoms with Crippen LogP contribution in [0.5, 0.6) is 0 Å². The second-order valence-electron chi connectivity index (χ2n) is 3.64. The first-order valence-corrected chi connectivity index (χ1v) is 5.23. The number of hydrogen-bond acceptors (Lipinski definition) is 3. The number of rotatable bonds is 1. The summed E-state index contributed by atoms with van der Waals surface area (Å²) in [6.07, 6.45) is 6.58. The van der Waals surface area contributed by atoms with E-state index < -0.39 is 5.91 Å². The van der Waals surface area contributed by atoms with E-state index in [1.165, 1.54) is 0 Å². The molecule has 84 valence electrons. The van der Waals surface area contributed by atoms with Gasteiger partial charge in [-0.05, 0) is 19.3 Å². The Kier molecular flexibility index (Phi) is 3.22. The van der Waals surface area contributed by atoms with Gasteiger partial charge in [0.1, 0.15) is 6.23 Å². The molecule has 2 N–H and O–H groups in total. The Hall–Kier alpha value is -1.80. The maximum absolute atomic E-state index is 10.5. The van der Waals surface area contributed by atoms with E-state index in [0.717, 1.165) is 25.9 Å². The zero-order valence-corrected chi connectivity index (χ0v) is 8.85. The Morgan fingerprint density at radius 1 is 1.62 bits per heavy atom. The van der Waals surface area contributed by atoms with Crippen molar-refractivity contribution in [1.29, 1.82) is 0 Å². The number of aromatic nitrogens is 2. The van der Waals surface area contributed by atoms with Gasteiger partial charge in [0.15, 0.2) is 0 Å². The molecule has 0 radical (unpaired) electrons. The molecule has 1 aromatic rings. The fourth-order valence-corrected chi connectivity index (χ4v) is 1.63. The van der Waals surface area contributed by atoms with E-state index in [1.807, 2.05) is 0 Å². The number of ether oxygens (including phenoxy) is 1. The lowest BCUT2D eigenvalue weighted by molar-refractivity contribution is -0.112. The number of hydrogen-bond donors (Lipinski definition) is 1. The summed E-state index contributed by atoms with van der Waals surface area (Å²) < 4.78 is 7.30. The van der Waals surface area contributed by atoms with Crippen molar-refractivity contribution in [3.63, 3.8) is 0 Å². The molecule has 1 fully saturated rings. The fraction of sp³-hybridized carbons (Fsp3) is 0.455. The monoisotopic (exact) mass is 219 g/mol. The van der Waals surface area contributed by atoms with Crippen LogP contribution in [0.25, 0.3) is 0 Å². The Labute approximate surface area is 93.6 Å². The van der Waals surface area contributed by atoms with E-state index in [-0.39, 0.29) is 6.23 Å². The van der Waals surface area contributed by atoms with Crippen LogP contribution in [-0.4, -0.2) is 22.3 Å². The highest BCUT2D eigenvalue weighted by molar-refractivity contribution is 5.92. The second-order valence-corrected chi connectivity index (χ2v) is 3.64. The molecule has 1 amide bonds. The van der Waals surface area contributed by atoms with Gasteiger partial charge in [-0.2, -0.15) is 5.10 Å². The number of nitrogens with zero attached hydrogens (tertiary/aromatic N) is 2. The fourth-order valence-electron chi connectivity index (χ4n) is 1.63. The first-order chi connectivity index (χ1) is 7.75. The minimum Gasteiger partial charge on any atom is -0.359 e. The lowest BCUT2D eigenvalue weighted by Gasteiger charge is -2.22. The third-order valence-electron chi connectivity index (χ3n) is 2.38. The van der Waals surface area contributed by atoms with Crippen molar-refractivity contribution in [3.05, 3.63) is 18.0 Å². The summed E-state index contributed by atoms with van der Waals surface area (Å²) in [6, 6.07) is 0. The maximum Gasteiger partial charge on any atom is 0.293 e. The summed E-state index contributed by atoms with van der Waals surface area (Å²) >= 11 is 0. The number of carbonyl (C=O) groups is 1. The molecule has 0 spiro atoms. The average molecular weight is 219 g/mol. The van der Waals surface area contributed by atoms with E-state index in [1.54, 1.807) is 17.1 Å². The van der Waals surface area contributed by atoms with Gasteiger partial charge >= 0.3 is 0 Å². The first-order valence-electron chi connectivity index (χ1n) is 5.23. The van der Waals surface area contributed by atoms with E-state index in [9.17, 15) is 4.79 Å². The Balaban J connectivity index is 2.07. The zero-order chi connectivity index (χ0) is 11.4. The van der Waals surface area contributed by atoms with Crippen molar-refractivity contribution in [2.45, 2.75) is 25.5 Å². The molecule has 16 heavy (non-hydrogen) atoms. The van der Waals surface area contributed by atoms with Gasteiger partial charge in [0.05, 0.1) is 11.8 Å². The zero-order valence-electron chi connectivity index (χ0n) is 8.85. The van der Waals surface area contributed by atoms with Gasteiger partial charge in [-0.25, -0.2) is 4.68 Å². The highest BCUT2D eigenvalue weighted by Crippen LogP contribution is 2.21. The molecule has 1 aliphatic rings. The molecule has 0 unspecified atom stereocenters. The largest absolute Gasteiger partial charge is 0.359 e. The van der Waals surface area contributed by atoms with E-state index in [0.29, 0.717) is 5.56 Å². The van der Waals surface area contributed by atoms with Gasteiger partial charge in [0, 0.05) is 18.7 Å². The summed E-state index contributed by atoms with van der Waals surface area (Å²) in [5.41, 5.74) is 5.60. The minimum atomic E-state index is -0.637.